The van der Waals surface area contributed by atoms with Crippen LogP contribution in [0.4, 0.5) is 11.4 Å². The van der Waals surface area contributed by atoms with Gasteiger partial charge in [0.05, 0.1) is 18.1 Å². The smallest absolute Gasteiger partial charge is 0.331 e. The molecule has 122 valence electrons. The zero-order chi connectivity index (χ0) is 16.4. The molecule has 0 spiro atoms. The fraction of sp³-hybridized carbons (Fsp3) is 0.467. The van der Waals surface area contributed by atoms with Gasteiger partial charge in [-0.1, -0.05) is 6.07 Å². The van der Waals surface area contributed by atoms with E-state index in [-0.39, 0.29) is 5.69 Å². The summed E-state index contributed by atoms with van der Waals surface area (Å²) in [5.74, 6) is -0.951. The highest BCUT2D eigenvalue weighted by Crippen LogP contribution is 2.40. The third kappa shape index (κ3) is 3.16. The van der Waals surface area contributed by atoms with Gasteiger partial charge in [-0.05, 0) is 24.5 Å². The van der Waals surface area contributed by atoms with Crippen LogP contribution in [0.3, 0.4) is 0 Å². The van der Waals surface area contributed by atoms with E-state index in [4.69, 9.17) is 9.84 Å². The number of nitrogens with zero attached hydrogens (tertiary/aromatic N) is 3. The first-order valence-corrected chi connectivity index (χ1v) is 7.42. The predicted molar refractivity (Wildman–Crippen MR) is 83.3 cm³/mol. The number of hydrogen-bond acceptors (Lipinski definition) is 6. The Labute approximate surface area is 132 Å². The van der Waals surface area contributed by atoms with Gasteiger partial charge in [0.25, 0.3) is 5.69 Å². The molecule has 2 fully saturated rings. The van der Waals surface area contributed by atoms with Crippen molar-refractivity contribution in [1.82, 2.24) is 0 Å². The molecule has 0 atom stereocenters. The Morgan fingerprint density at radius 3 is 2.65 bits per heavy atom. The van der Waals surface area contributed by atoms with Crippen molar-refractivity contribution in [3.63, 3.8) is 0 Å². The Kier molecular flexibility index (Phi) is 3.99. The Balaban J connectivity index is 1.86. The van der Waals surface area contributed by atoms with Crippen LogP contribution in [0.5, 0.6) is 0 Å². The number of carboxylic acid groups (broad SMARTS) is 1. The topological polar surface area (TPSA) is 105 Å². The molecule has 1 saturated heterocycles. The van der Waals surface area contributed by atoms with Gasteiger partial charge in [0.15, 0.2) is 5.54 Å². The Hall–Kier alpha value is -2.48. The van der Waals surface area contributed by atoms with Crippen LogP contribution < -0.4 is 4.90 Å². The Morgan fingerprint density at radius 1 is 1.39 bits per heavy atom. The molecule has 0 bridgehead atoms. The number of nitro groups is 1. The molecule has 1 aliphatic carbocycles. The summed E-state index contributed by atoms with van der Waals surface area (Å²) >= 11 is 0. The summed E-state index contributed by atoms with van der Waals surface area (Å²) in [7, 11) is 0. The first kappa shape index (κ1) is 15.4. The van der Waals surface area contributed by atoms with E-state index in [1.807, 2.05) is 4.90 Å². The van der Waals surface area contributed by atoms with Crippen LogP contribution in [0.2, 0.25) is 0 Å². The van der Waals surface area contributed by atoms with E-state index in [2.05, 4.69) is 4.99 Å². The number of aliphatic imine (C=N–C) groups is 1. The van der Waals surface area contributed by atoms with Gasteiger partial charge in [0.2, 0.25) is 0 Å². The lowest BCUT2D eigenvalue weighted by Gasteiger charge is -2.28. The zero-order valence-electron chi connectivity index (χ0n) is 12.5. The van der Waals surface area contributed by atoms with Crippen LogP contribution in [-0.2, 0) is 9.53 Å². The van der Waals surface area contributed by atoms with Gasteiger partial charge >= 0.3 is 5.97 Å². The van der Waals surface area contributed by atoms with Gasteiger partial charge in [-0.25, -0.2) is 4.79 Å². The SMILES string of the molecule is O=C(O)C1(N=Cc2ccc(N3CCOCC3)c([N+](=O)[O-])c2)CC1. The second kappa shape index (κ2) is 5.96. The van der Waals surface area contributed by atoms with Crippen LogP contribution in [0.1, 0.15) is 18.4 Å². The van der Waals surface area contributed by atoms with Crippen molar-refractivity contribution in [2.45, 2.75) is 18.4 Å². The molecule has 1 heterocycles. The summed E-state index contributed by atoms with van der Waals surface area (Å²) in [6.07, 6.45) is 2.43. The second-order valence-electron chi connectivity index (χ2n) is 5.70. The molecule has 0 unspecified atom stereocenters. The number of benzene rings is 1. The van der Waals surface area contributed by atoms with Crippen molar-refractivity contribution in [3.8, 4) is 0 Å². The molecule has 1 aromatic carbocycles. The largest absolute Gasteiger partial charge is 0.479 e. The minimum atomic E-state index is -1.03. The molecule has 0 amide bonds. The average molecular weight is 319 g/mol. The van der Waals surface area contributed by atoms with Crippen molar-refractivity contribution in [2.24, 2.45) is 4.99 Å². The highest BCUT2D eigenvalue weighted by atomic mass is 16.6. The monoisotopic (exact) mass is 319 g/mol. The van der Waals surface area contributed by atoms with Gasteiger partial charge in [-0.15, -0.1) is 0 Å². The fourth-order valence-corrected chi connectivity index (χ4v) is 2.55. The lowest BCUT2D eigenvalue weighted by Crippen LogP contribution is -2.36. The molecule has 1 saturated carbocycles. The molecular formula is C15H17N3O5. The highest BCUT2D eigenvalue weighted by molar-refractivity contribution is 5.89. The predicted octanol–water partition coefficient (Wildman–Crippen LogP) is 1.47. The van der Waals surface area contributed by atoms with E-state index in [9.17, 15) is 14.9 Å². The molecule has 1 aliphatic heterocycles. The molecule has 3 rings (SSSR count). The number of anilines is 1. The minimum absolute atomic E-state index is 0.00368. The highest BCUT2D eigenvalue weighted by Gasteiger charge is 2.50. The number of morpholine rings is 1. The van der Waals surface area contributed by atoms with Crippen LogP contribution in [0.15, 0.2) is 23.2 Å². The first-order chi connectivity index (χ1) is 11.0. The third-order valence-corrected chi connectivity index (χ3v) is 4.13. The van der Waals surface area contributed by atoms with Gasteiger partial charge in [-0.2, -0.15) is 0 Å². The van der Waals surface area contributed by atoms with E-state index in [0.717, 1.165) is 0 Å². The Bertz CT molecular complexity index is 663. The van der Waals surface area contributed by atoms with E-state index < -0.39 is 16.4 Å². The van der Waals surface area contributed by atoms with Crippen LogP contribution >= 0.6 is 0 Å². The second-order valence-corrected chi connectivity index (χ2v) is 5.70. The summed E-state index contributed by atoms with van der Waals surface area (Å²) in [5, 5.41) is 20.4. The van der Waals surface area contributed by atoms with Gasteiger partial charge in [0.1, 0.15) is 5.69 Å². The third-order valence-electron chi connectivity index (χ3n) is 4.13. The van der Waals surface area contributed by atoms with Crippen molar-refractivity contribution in [2.75, 3.05) is 31.2 Å². The normalized spacial score (nSPS) is 19.7. The number of ether oxygens (including phenoxy) is 1. The van der Waals surface area contributed by atoms with Crippen molar-refractivity contribution in [1.29, 1.82) is 0 Å². The molecule has 8 heteroatoms. The molecule has 0 aromatic heterocycles. The summed E-state index contributed by atoms with van der Waals surface area (Å²) in [6, 6.07) is 4.84. The molecule has 1 aromatic rings. The lowest BCUT2D eigenvalue weighted by atomic mass is 10.1. The quantitative estimate of drug-likeness (QED) is 0.500. The van der Waals surface area contributed by atoms with E-state index >= 15 is 0 Å². The van der Waals surface area contributed by atoms with Crippen LogP contribution in [0, 0.1) is 10.1 Å². The molecular weight excluding hydrogens is 302 g/mol. The van der Waals surface area contributed by atoms with Crippen molar-refractivity contribution < 1.29 is 19.6 Å². The first-order valence-electron chi connectivity index (χ1n) is 7.42. The molecule has 8 nitrogen and oxygen atoms in total. The lowest BCUT2D eigenvalue weighted by molar-refractivity contribution is -0.384. The van der Waals surface area contributed by atoms with Gasteiger partial charge in [0, 0.05) is 25.4 Å². The van der Waals surface area contributed by atoms with Gasteiger partial charge in [-0.3, -0.25) is 15.1 Å². The standard InChI is InChI=1S/C15H17N3O5/c19-14(20)15(3-4-15)16-10-11-1-2-12(13(9-11)18(21)22)17-5-7-23-8-6-17/h1-2,9-10H,3-8H2,(H,19,20). The number of carboxylic acids is 1. The number of aliphatic carboxylic acids is 1. The fourth-order valence-electron chi connectivity index (χ4n) is 2.55. The maximum absolute atomic E-state index is 11.3. The summed E-state index contributed by atoms with van der Waals surface area (Å²) in [6.45, 7) is 2.30. The summed E-state index contributed by atoms with van der Waals surface area (Å²) in [4.78, 5) is 28.0. The number of nitro benzene ring substituents is 1. The number of carbonyl (C=O) groups is 1. The molecule has 1 N–H and O–H groups in total. The molecule has 0 radical (unpaired) electrons. The average Bonchev–Trinajstić information content (AvgIpc) is 3.35. The minimum Gasteiger partial charge on any atom is -0.479 e. The maximum Gasteiger partial charge on any atom is 0.331 e. The number of hydrogen-bond donors (Lipinski definition) is 1. The van der Waals surface area contributed by atoms with E-state index in [1.165, 1.54) is 12.3 Å². The molecule has 2 aliphatic rings. The number of rotatable bonds is 5. The maximum atomic E-state index is 11.3. The summed E-state index contributed by atoms with van der Waals surface area (Å²) in [5.41, 5.74) is 0.0459. The molecule has 23 heavy (non-hydrogen) atoms. The Morgan fingerprint density at radius 2 is 2.09 bits per heavy atom. The van der Waals surface area contributed by atoms with Crippen molar-refractivity contribution in [3.05, 3.63) is 33.9 Å². The summed E-state index contributed by atoms with van der Waals surface area (Å²) < 4.78 is 5.26. The van der Waals surface area contributed by atoms with Crippen LogP contribution in [0.25, 0.3) is 0 Å². The zero-order valence-corrected chi connectivity index (χ0v) is 12.5. The van der Waals surface area contributed by atoms with Crippen LogP contribution in [-0.4, -0.2) is 54.1 Å². The van der Waals surface area contributed by atoms with E-state index in [1.54, 1.807) is 12.1 Å². The van der Waals surface area contributed by atoms with Gasteiger partial charge < -0.3 is 14.7 Å². The van der Waals surface area contributed by atoms with Crippen molar-refractivity contribution >= 4 is 23.6 Å². The van der Waals surface area contributed by atoms with E-state index in [0.29, 0.717) is 50.4 Å².